The number of aromatic nitrogens is 2. The molecule has 0 radical (unpaired) electrons. The molecule has 9 heteroatoms. The summed E-state index contributed by atoms with van der Waals surface area (Å²) in [6.45, 7) is 2.84. The number of aryl methyl sites for hydroxylation is 1. The van der Waals surface area contributed by atoms with Gasteiger partial charge in [-0.05, 0) is 24.6 Å². The van der Waals surface area contributed by atoms with Crippen molar-refractivity contribution < 1.29 is 18.7 Å². The van der Waals surface area contributed by atoms with Crippen molar-refractivity contribution in [3.05, 3.63) is 24.1 Å². The molecule has 0 saturated carbocycles. The predicted octanol–water partition coefficient (Wildman–Crippen LogP) is 1.91. The lowest BCUT2D eigenvalue weighted by Crippen LogP contribution is -2.35. The van der Waals surface area contributed by atoms with Crippen molar-refractivity contribution in [3.63, 3.8) is 0 Å². The predicted molar refractivity (Wildman–Crippen MR) is 98.4 cm³/mol. The summed E-state index contributed by atoms with van der Waals surface area (Å²) in [7, 11) is 3.13. The first-order valence-corrected chi connectivity index (χ1v) is 8.84. The summed E-state index contributed by atoms with van der Waals surface area (Å²) in [6.07, 6.45) is 1.29. The Balaban J connectivity index is 1.76. The average Bonchev–Trinajstić information content (AvgIpc) is 3.37. The zero-order valence-corrected chi connectivity index (χ0v) is 15.6. The number of anilines is 1. The number of carbonyl (C=O) groups excluding carboxylic acids is 2. The number of hydrogen-bond donors (Lipinski definition) is 2. The summed E-state index contributed by atoms with van der Waals surface area (Å²) in [4.78, 5) is 26.0. The summed E-state index contributed by atoms with van der Waals surface area (Å²) < 4.78 is 10.9. The van der Waals surface area contributed by atoms with Crippen molar-refractivity contribution in [2.24, 2.45) is 5.92 Å². The van der Waals surface area contributed by atoms with E-state index in [9.17, 15) is 9.59 Å². The number of carbonyl (C=O) groups is 2. The highest BCUT2D eigenvalue weighted by Gasteiger charge is 2.30. The maximum absolute atomic E-state index is 12.6. The Labute approximate surface area is 157 Å². The summed E-state index contributed by atoms with van der Waals surface area (Å²) >= 11 is 0. The standard InChI is InChI=1S/C18H23N5O4/c1-4-15-21-22-17(27-15)11-5-6-14(26-3)13(9-11)20-18(25)23-8-7-12(10-23)16(24)19-2/h5-6,9,12H,4,7-8,10H2,1-3H3,(H,19,24)(H,20,25)/t12-/m0/s1. The van der Waals surface area contributed by atoms with Gasteiger partial charge in [0, 0.05) is 32.1 Å². The fourth-order valence-electron chi connectivity index (χ4n) is 3.01. The number of methoxy groups -OCH3 is 1. The van der Waals surface area contributed by atoms with Crippen molar-refractivity contribution in [2.45, 2.75) is 19.8 Å². The molecule has 3 rings (SSSR count). The van der Waals surface area contributed by atoms with Crippen LogP contribution >= 0.6 is 0 Å². The molecule has 1 saturated heterocycles. The minimum absolute atomic E-state index is 0.0481. The van der Waals surface area contributed by atoms with E-state index in [1.807, 2.05) is 6.92 Å². The van der Waals surface area contributed by atoms with Gasteiger partial charge < -0.3 is 24.7 Å². The van der Waals surface area contributed by atoms with Crippen LogP contribution in [0.25, 0.3) is 11.5 Å². The van der Waals surface area contributed by atoms with Gasteiger partial charge in [-0.15, -0.1) is 10.2 Å². The molecule has 1 aliphatic heterocycles. The van der Waals surface area contributed by atoms with E-state index in [2.05, 4.69) is 20.8 Å². The van der Waals surface area contributed by atoms with Crippen LogP contribution in [0, 0.1) is 5.92 Å². The Morgan fingerprint density at radius 3 is 2.85 bits per heavy atom. The molecular weight excluding hydrogens is 350 g/mol. The van der Waals surface area contributed by atoms with Gasteiger partial charge in [-0.2, -0.15) is 0 Å². The molecule has 1 aromatic heterocycles. The Hall–Kier alpha value is -3.10. The van der Waals surface area contributed by atoms with Gasteiger partial charge >= 0.3 is 6.03 Å². The number of nitrogens with one attached hydrogen (secondary N) is 2. The molecule has 0 aliphatic carbocycles. The van der Waals surface area contributed by atoms with Crippen molar-refractivity contribution in [3.8, 4) is 17.2 Å². The van der Waals surface area contributed by atoms with E-state index in [4.69, 9.17) is 9.15 Å². The van der Waals surface area contributed by atoms with Gasteiger partial charge in [-0.1, -0.05) is 6.92 Å². The first kappa shape index (κ1) is 18.7. The third kappa shape index (κ3) is 4.02. The molecule has 2 aromatic rings. The van der Waals surface area contributed by atoms with Crippen molar-refractivity contribution in [1.82, 2.24) is 20.4 Å². The van der Waals surface area contributed by atoms with Crippen LogP contribution in [0.1, 0.15) is 19.2 Å². The van der Waals surface area contributed by atoms with Gasteiger partial charge in [-0.25, -0.2) is 4.79 Å². The van der Waals surface area contributed by atoms with Gasteiger partial charge in [0.15, 0.2) is 0 Å². The third-order valence-corrected chi connectivity index (χ3v) is 4.55. The summed E-state index contributed by atoms with van der Waals surface area (Å²) in [5.74, 6) is 1.21. The topological polar surface area (TPSA) is 110 Å². The number of hydrogen-bond acceptors (Lipinski definition) is 6. The fraction of sp³-hybridized carbons (Fsp3) is 0.444. The van der Waals surface area contributed by atoms with Crippen molar-refractivity contribution in [2.75, 3.05) is 32.6 Å². The number of ether oxygens (including phenoxy) is 1. The van der Waals surface area contributed by atoms with Gasteiger partial charge in [-0.3, -0.25) is 4.79 Å². The summed E-state index contributed by atoms with van der Waals surface area (Å²) in [5.41, 5.74) is 1.18. The van der Waals surface area contributed by atoms with E-state index in [-0.39, 0.29) is 17.9 Å². The number of nitrogens with zero attached hydrogens (tertiary/aromatic N) is 3. The third-order valence-electron chi connectivity index (χ3n) is 4.55. The molecule has 3 amide bonds. The fourth-order valence-corrected chi connectivity index (χ4v) is 3.01. The van der Waals surface area contributed by atoms with Crippen LogP contribution in [-0.2, 0) is 11.2 Å². The monoisotopic (exact) mass is 373 g/mol. The SMILES string of the molecule is CCc1nnc(-c2ccc(OC)c(NC(=O)N3CC[C@H](C(=O)NC)C3)c2)o1. The van der Waals surface area contributed by atoms with Crippen molar-refractivity contribution >= 4 is 17.6 Å². The quantitative estimate of drug-likeness (QED) is 0.828. The Morgan fingerprint density at radius 2 is 2.19 bits per heavy atom. The van der Waals surface area contributed by atoms with E-state index in [0.717, 1.165) is 0 Å². The molecular formula is C18H23N5O4. The van der Waals surface area contributed by atoms with Crippen LogP contribution < -0.4 is 15.4 Å². The molecule has 1 atom stereocenters. The summed E-state index contributed by atoms with van der Waals surface area (Å²) in [6, 6.07) is 4.98. The zero-order valence-electron chi connectivity index (χ0n) is 15.6. The van der Waals surface area contributed by atoms with Crippen LogP contribution in [0.2, 0.25) is 0 Å². The van der Waals surface area contributed by atoms with E-state index in [1.54, 1.807) is 30.1 Å². The molecule has 27 heavy (non-hydrogen) atoms. The lowest BCUT2D eigenvalue weighted by Gasteiger charge is -2.18. The van der Waals surface area contributed by atoms with Crippen LogP contribution in [0.4, 0.5) is 10.5 Å². The number of rotatable bonds is 5. The minimum Gasteiger partial charge on any atom is -0.495 e. The minimum atomic E-state index is -0.281. The molecule has 0 bridgehead atoms. The number of urea groups is 1. The molecule has 2 heterocycles. The van der Waals surface area contributed by atoms with Gasteiger partial charge in [0.25, 0.3) is 0 Å². The van der Waals surface area contributed by atoms with Crippen LogP contribution in [-0.4, -0.2) is 54.3 Å². The smallest absolute Gasteiger partial charge is 0.321 e. The van der Waals surface area contributed by atoms with Gasteiger partial charge in [0.2, 0.25) is 17.7 Å². The first-order chi connectivity index (χ1) is 13.0. The van der Waals surface area contributed by atoms with E-state index < -0.39 is 0 Å². The maximum Gasteiger partial charge on any atom is 0.321 e. The number of likely N-dealkylation sites (tertiary alicyclic amines) is 1. The number of amides is 3. The van der Waals surface area contributed by atoms with Crippen molar-refractivity contribution in [1.29, 1.82) is 0 Å². The second-order valence-corrected chi connectivity index (χ2v) is 6.25. The normalized spacial score (nSPS) is 16.3. The van der Waals surface area contributed by atoms with Crippen LogP contribution in [0.5, 0.6) is 5.75 Å². The van der Waals surface area contributed by atoms with E-state index in [1.165, 1.54) is 7.11 Å². The Morgan fingerprint density at radius 1 is 1.37 bits per heavy atom. The highest BCUT2D eigenvalue weighted by molar-refractivity contribution is 5.92. The second kappa shape index (κ2) is 8.07. The average molecular weight is 373 g/mol. The Bertz CT molecular complexity index is 835. The first-order valence-electron chi connectivity index (χ1n) is 8.84. The lowest BCUT2D eigenvalue weighted by molar-refractivity contribution is -0.124. The number of benzene rings is 1. The molecule has 0 spiro atoms. The van der Waals surface area contributed by atoms with Crippen LogP contribution in [0.3, 0.4) is 0 Å². The molecule has 0 unspecified atom stereocenters. The molecule has 1 aromatic carbocycles. The molecule has 1 fully saturated rings. The molecule has 2 N–H and O–H groups in total. The zero-order chi connectivity index (χ0) is 19.4. The highest BCUT2D eigenvalue weighted by Crippen LogP contribution is 2.31. The van der Waals surface area contributed by atoms with E-state index in [0.29, 0.717) is 54.7 Å². The van der Waals surface area contributed by atoms with Gasteiger partial charge in [0.1, 0.15) is 5.75 Å². The highest BCUT2D eigenvalue weighted by atomic mass is 16.5. The lowest BCUT2D eigenvalue weighted by atomic mass is 10.1. The van der Waals surface area contributed by atoms with E-state index >= 15 is 0 Å². The Kier molecular flexibility index (Phi) is 5.58. The maximum atomic E-state index is 12.6. The summed E-state index contributed by atoms with van der Waals surface area (Å²) in [5, 5.41) is 13.5. The second-order valence-electron chi connectivity index (χ2n) is 6.25. The van der Waals surface area contributed by atoms with Crippen LogP contribution in [0.15, 0.2) is 22.6 Å². The van der Waals surface area contributed by atoms with Gasteiger partial charge in [0.05, 0.1) is 18.7 Å². The molecule has 144 valence electrons. The molecule has 1 aliphatic rings. The largest absolute Gasteiger partial charge is 0.495 e. The molecule has 9 nitrogen and oxygen atoms in total.